The Morgan fingerprint density at radius 3 is 2.31 bits per heavy atom. The SMILES string of the molecule is Cc1ccc(CNC(=O)[C@H](C)OC(=O)COc2ccc(C)cc2C)cc1. The van der Waals surface area contributed by atoms with Crippen molar-refractivity contribution in [2.24, 2.45) is 0 Å². The molecule has 138 valence electrons. The van der Waals surface area contributed by atoms with Crippen LogP contribution in [0.1, 0.15) is 29.2 Å². The molecule has 0 fully saturated rings. The van der Waals surface area contributed by atoms with Crippen molar-refractivity contribution in [2.75, 3.05) is 6.61 Å². The molecule has 0 saturated heterocycles. The van der Waals surface area contributed by atoms with Crippen LogP contribution >= 0.6 is 0 Å². The van der Waals surface area contributed by atoms with Crippen molar-refractivity contribution < 1.29 is 19.1 Å². The molecule has 2 aromatic carbocycles. The van der Waals surface area contributed by atoms with Gasteiger partial charge in [-0.1, -0.05) is 47.5 Å². The molecule has 2 rings (SSSR count). The van der Waals surface area contributed by atoms with E-state index < -0.39 is 12.1 Å². The zero-order valence-corrected chi connectivity index (χ0v) is 15.7. The van der Waals surface area contributed by atoms with Gasteiger partial charge in [0.25, 0.3) is 5.91 Å². The molecule has 1 N–H and O–H groups in total. The summed E-state index contributed by atoms with van der Waals surface area (Å²) in [5.41, 5.74) is 4.21. The Hall–Kier alpha value is -2.82. The maximum atomic E-state index is 12.1. The van der Waals surface area contributed by atoms with Crippen LogP contribution in [0.25, 0.3) is 0 Å². The summed E-state index contributed by atoms with van der Waals surface area (Å²) in [5, 5.41) is 2.76. The summed E-state index contributed by atoms with van der Waals surface area (Å²) in [4.78, 5) is 23.9. The number of aryl methyl sites for hydroxylation is 3. The normalized spacial score (nSPS) is 11.5. The van der Waals surface area contributed by atoms with Crippen molar-refractivity contribution in [2.45, 2.75) is 40.3 Å². The first-order valence-electron chi connectivity index (χ1n) is 8.58. The van der Waals surface area contributed by atoms with Gasteiger partial charge in [0.2, 0.25) is 0 Å². The number of hydrogen-bond acceptors (Lipinski definition) is 4. The molecule has 0 heterocycles. The van der Waals surface area contributed by atoms with Crippen LogP contribution in [0.5, 0.6) is 5.75 Å². The van der Waals surface area contributed by atoms with E-state index in [1.807, 2.05) is 63.2 Å². The third-order valence-corrected chi connectivity index (χ3v) is 3.94. The Morgan fingerprint density at radius 2 is 1.65 bits per heavy atom. The quantitative estimate of drug-likeness (QED) is 0.775. The van der Waals surface area contributed by atoms with Crippen LogP contribution in [0.3, 0.4) is 0 Å². The third-order valence-electron chi connectivity index (χ3n) is 3.94. The van der Waals surface area contributed by atoms with E-state index in [0.717, 1.165) is 22.3 Å². The van der Waals surface area contributed by atoms with Gasteiger partial charge in [0.15, 0.2) is 12.7 Å². The van der Waals surface area contributed by atoms with Gasteiger partial charge in [0.05, 0.1) is 0 Å². The fourth-order valence-electron chi connectivity index (χ4n) is 2.42. The number of benzene rings is 2. The number of carbonyl (C=O) groups is 2. The predicted octanol–water partition coefficient (Wildman–Crippen LogP) is 3.24. The maximum absolute atomic E-state index is 12.1. The van der Waals surface area contributed by atoms with Gasteiger partial charge in [-0.25, -0.2) is 4.79 Å². The van der Waals surface area contributed by atoms with E-state index in [0.29, 0.717) is 12.3 Å². The predicted molar refractivity (Wildman–Crippen MR) is 100.0 cm³/mol. The van der Waals surface area contributed by atoms with Gasteiger partial charge in [-0.2, -0.15) is 0 Å². The highest BCUT2D eigenvalue weighted by Crippen LogP contribution is 2.18. The fraction of sp³-hybridized carbons (Fsp3) is 0.333. The first-order valence-corrected chi connectivity index (χ1v) is 8.58. The summed E-state index contributed by atoms with van der Waals surface area (Å²) < 4.78 is 10.6. The largest absolute Gasteiger partial charge is 0.482 e. The zero-order valence-electron chi connectivity index (χ0n) is 15.7. The molecule has 0 unspecified atom stereocenters. The molecule has 0 aliphatic rings. The third kappa shape index (κ3) is 5.92. The van der Waals surface area contributed by atoms with Gasteiger partial charge in [0.1, 0.15) is 5.75 Å². The molecule has 0 saturated carbocycles. The van der Waals surface area contributed by atoms with Crippen molar-refractivity contribution >= 4 is 11.9 Å². The van der Waals surface area contributed by atoms with Crippen molar-refractivity contribution in [1.29, 1.82) is 0 Å². The lowest BCUT2D eigenvalue weighted by Crippen LogP contribution is -2.36. The fourth-order valence-corrected chi connectivity index (χ4v) is 2.42. The van der Waals surface area contributed by atoms with Crippen molar-refractivity contribution in [3.63, 3.8) is 0 Å². The highest BCUT2D eigenvalue weighted by atomic mass is 16.6. The summed E-state index contributed by atoms with van der Waals surface area (Å²) in [6.07, 6.45) is -0.879. The Kier molecular flexibility index (Phi) is 6.78. The topological polar surface area (TPSA) is 64.6 Å². The molecule has 0 aliphatic heterocycles. The Bertz CT molecular complexity index is 768. The molecule has 0 radical (unpaired) electrons. The van der Waals surface area contributed by atoms with E-state index in [1.54, 1.807) is 6.92 Å². The molecular formula is C21H25NO4. The van der Waals surface area contributed by atoms with E-state index in [1.165, 1.54) is 0 Å². The summed E-state index contributed by atoms with van der Waals surface area (Å²) in [6.45, 7) is 7.60. The highest BCUT2D eigenvalue weighted by Gasteiger charge is 2.18. The molecule has 5 heteroatoms. The molecule has 0 spiro atoms. The van der Waals surface area contributed by atoms with E-state index in [9.17, 15) is 9.59 Å². The summed E-state index contributed by atoms with van der Waals surface area (Å²) in [7, 11) is 0. The number of ether oxygens (including phenoxy) is 2. The van der Waals surface area contributed by atoms with E-state index in [-0.39, 0.29) is 12.5 Å². The minimum Gasteiger partial charge on any atom is -0.482 e. The zero-order chi connectivity index (χ0) is 19.1. The first-order chi connectivity index (χ1) is 12.3. The van der Waals surface area contributed by atoms with E-state index in [2.05, 4.69) is 5.32 Å². The van der Waals surface area contributed by atoms with Crippen LogP contribution in [0.15, 0.2) is 42.5 Å². The van der Waals surface area contributed by atoms with Gasteiger partial charge in [-0.3, -0.25) is 4.79 Å². The molecule has 26 heavy (non-hydrogen) atoms. The van der Waals surface area contributed by atoms with Crippen LogP contribution in [-0.4, -0.2) is 24.6 Å². The summed E-state index contributed by atoms with van der Waals surface area (Å²) in [5.74, 6) is -0.294. The number of nitrogens with one attached hydrogen (secondary N) is 1. The average molecular weight is 355 g/mol. The molecule has 0 aliphatic carbocycles. The van der Waals surface area contributed by atoms with Gasteiger partial charge >= 0.3 is 5.97 Å². The van der Waals surface area contributed by atoms with Crippen molar-refractivity contribution in [1.82, 2.24) is 5.32 Å². The second-order valence-corrected chi connectivity index (χ2v) is 6.39. The molecule has 5 nitrogen and oxygen atoms in total. The van der Waals surface area contributed by atoms with Crippen LogP contribution in [0.4, 0.5) is 0 Å². The number of esters is 1. The second kappa shape index (κ2) is 9.04. The number of hydrogen-bond donors (Lipinski definition) is 1. The van der Waals surface area contributed by atoms with Gasteiger partial charge < -0.3 is 14.8 Å². The van der Waals surface area contributed by atoms with Crippen molar-refractivity contribution in [3.8, 4) is 5.75 Å². The lowest BCUT2D eigenvalue weighted by Gasteiger charge is -2.14. The lowest BCUT2D eigenvalue weighted by atomic mass is 10.1. The van der Waals surface area contributed by atoms with Crippen LogP contribution < -0.4 is 10.1 Å². The molecule has 0 aromatic heterocycles. The van der Waals surface area contributed by atoms with Crippen molar-refractivity contribution in [3.05, 3.63) is 64.7 Å². The minimum absolute atomic E-state index is 0.237. The number of rotatable bonds is 7. The van der Waals surface area contributed by atoms with Gasteiger partial charge in [-0.15, -0.1) is 0 Å². The monoisotopic (exact) mass is 355 g/mol. The Balaban J connectivity index is 1.76. The lowest BCUT2D eigenvalue weighted by molar-refractivity contribution is -0.156. The molecule has 0 bridgehead atoms. The van der Waals surface area contributed by atoms with Crippen LogP contribution in [-0.2, 0) is 20.9 Å². The summed E-state index contributed by atoms with van der Waals surface area (Å²) >= 11 is 0. The summed E-state index contributed by atoms with van der Waals surface area (Å²) in [6, 6.07) is 13.6. The van der Waals surface area contributed by atoms with Crippen LogP contribution in [0, 0.1) is 20.8 Å². The van der Waals surface area contributed by atoms with Gasteiger partial charge in [-0.05, 0) is 44.9 Å². The van der Waals surface area contributed by atoms with E-state index >= 15 is 0 Å². The first kappa shape index (κ1) is 19.5. The molecule has 1 amide bonds. The molecule has 1 atom stereocenters. The van der Waals surface area contributed by atoms with Crippen LogP contribution in [0.2, 0.25) is 0 Å². The second-order valence-electron chi connectivity index (χ2n) is 6.39. The number of carbonyl (C=O) groups excluding carboxylic acids is 2. The number of amides is 1. The molecule has 2 aromatic rings. The Labute approximate surface area is 154 Å². The molecular weight excluding hydrogens is 330 g/mol. The van der Waals surface area contributed by atoms with Gasteiger partial charge in [0, 0.05) is 6.54 Å². The maximum Gasteiger partial charge on any atom is 0.344 e. The Morgan fingerprint density at radius 1 is 1.00 bits per heavy atom. The minimum atomic E-state index is -0.879. The smallest absolute Gasteiger partial charge is 0.344 e. The average Bonchev–Trinajstić information content (AvgIpc) is 2.60. The van der Waals surface area contributed by atoms with E-state index in [4.69, 9.17) is 9.47 Å². The highest BCUT2D eigenvalue weighted by molar-refractivity contribution is 5.83. The standard InChI is InChI=1S/C21H25NO4/c1-14-5-8-18(9-6-14)12-22-21(24)17(4)26-20(23)13-25-19-10-7-15(2)11-16(19)3/h5-11,17H,12-13H2,1-4H3,(H,22,24)/t17-/m0/s1.